The number of carbonyl (C=O) groups is 3. The van der Waals surface area contributed by atoms with Crippen molar-refractivity contribution < 1.29 is 28.6 Å². The molecule has 0 saturated carbocycles. The maximum absolute atomic E-state index is 12.9. The molecule has 0 fully saturated rings. The smallest absolute Gasteiger partial charge is 0.306 e. The standard InChI is InChI=1S/C67H110O6/c1-4-7-10-13-16-19-22-25-28-30-32-33-35-36-39-42-45-48-51-54-57-60-66(69)72-63-64(62-71-65(68)59-56-53-50-47-44-41-38-27-24-21-18-15-12-9-6-3)73-67(70)61-58-55-52-49-46-43-40-37-34-31-29-26-23-20-17-14-11-8-5-2/h8-9,11-12,17-18,20-21,26-27,29-30,32,34,37-38,43-44,46-47,64H,4-7,10,13-16,19,22-25,28,31,33,35-36,39-42,45,48-63H2,1-3H3/b11-8-,12-9-,20-17-,21-18-,29-26-,32-30-,37-34-,38-27-,46-43-,47-44-. The molecule has 0 aliphatic heterocycles. The Bertz CT molecular complexity index is 1540. The predicted molar refractivity (Wildman–Crippen MR) is 316 cm³/mol. The first-order chi connectivity index (χ1) is 36.0. The molecule has 0 heterocycles. The zero-order valence-corrected chi connectivity index (χ0v) is 47.4. The Morgan fingerprint density at radius 1 is 0.288 bits per heavy atom. The minimum absolute atomic E-state index is 0.108. The van der Waals surface area contributed by atoms with Crippen LogP contribution in [-0.2, 0) is 28.6 Å². The van der Waals surface area contributed by atoms with Crippen molar-refractivity contribution in [3.63, 3.8) is 0 Å². The second kappa shape index (κ2) is 60.4. The number of esters is 3. The fraction of sp³-hybridized carbons (Fsp3) is 0.657. The Labute approximate surface area is 450 Å². The molecule has 6 heteroatoms. The second-order valence-electron chi connectivity index (χ2n) is 19.5. The van der Waals surface area contributed by atoms with Crippen LogP contribution in [0.25, 0.3) is 0 Å². The van der Waals surface area contributed by atoms with Gasteiger partial charge in [-0.05, 0) is 128 Å². The lowest BCUT2D eigenvalue weighted by atomic mass is 10.1. The third-order valence-corrected chi connectivity index (χ3v) is 12.4. The van der Waals surface area contributed by atoms with Gasteiger partial charge in [0.25, 0.3) is 0 Å². The Hall–Kier alpha value is -4.19. The lowest BCUT2D eigenvalue weighted by molar-refractivity contribution is -0.167. The topological polar surface area (TPSA) is 78.9 Å². The molecular formula is C67H110O6. The molecule has 0 rings (SSSR count). The molecule has 0 bridgehead atoms. The van der Waals surface area contributed by atoms with Crippen LogP contribution in [0, 0.1) is 0 Å². The van der Waals surface area contributed by atoms with E-state index in [4.69, 9.17) is 14.2 Å². The summed E-state index contributed by atoms with van der Waals surface area (Å²) < 4.78 is 16.8. The lowest BCUT2D eigenvalue weighted by Gasteiger charge is -2.18. The average Bonchev–Trinajstić information content (AvgIpc) is 3.39. The Kier molecular flexibility index (Phi) is 56.9. The van der Waals surface area contributed by atoms with Gasteiger partial charge in [0.1, 0.15) is 13.2 Å². The first-order valence-corrected chi connectivity index (χ1v) is 30.0. The van der Waals surface area contributed by atoms with Crippen LogP contribution in [0.5, 0.6) is 0 Å². The van der Waals surface area contributed by atoms with E-state index in [-0.39, 0.29) is 37.5 Å². The normalized spacial score (nSPS) is 13.0. The number of unbranched alkanes of at least 4 members (excludes halogenated alkanes) is 22. The predicted octanol–water partition coefficient (Wildman–Crippen LogP) is 20.4. The highest BCUT2D eigenvalue weighted by Gasteiger charge is 2.19. The van der Waals surface area contributed by atoms with Crippen LogP contribution in [0.2, 0.25) is 0 Å². The molecule has 0 aromatic carbocycles. The molecule has 1 unspecified atom stereocenters. The maximum atomic E-state index is 12.9. The molecule has 0 amide bonds. The zero-order valence-electron chi connectivity index (χ0n) is 47.4. The number of hydrogen-bond donors (Lipinski definition) is 0. The van der Waals surface area contributed by atoms with E-state index in [1.165, 1.54) is 103 Å². The summed E-state index contributed by atoms with van der Waals surface area (Å²) in [5, 5.41) is 0. The number of rotatable bonds is 53. The molecule has 73 heavy (non-hydrogen) atoms. The lowest BCUT2D eigenvalue weighted by Crippen LogP contribution is -2.30. The van der Waals surface area contributed by atoms with Crippen molar-refractivity contribution in [2.45, 2.75) is 271 Å². The third-order valence-electron chi connectivity index (χ3n) is 12.4. The molecule has 0 aromatic heterocycles. The molecule has 1 atom stereocenters. The van der Waals surface area contributed by atoms with E-state index in [0.717, 1.165) is 109 Å². The highest BCUT2D eigenvalue weighted by molar-refractivity contribution is 5.71. The summed E-state index contributed by atoms with van der Waals surface area (Å²) in [5.74, 6) is -0.986. The molecule has 6 nitrogen and oxygen atoms in total. The molecular weight excluding hydrogens is 901 g/mol. The minimum atomic E-state index is -0.818. The summed E-state index contributed by atoms with van der Waals surface area (Å²) in [6.07, 6.45) is 83.4. The largest absolute Gasteiger partial charge is 0.462 e. The number of carbonyl (C=O) groups excluding carboxylic acids is 3. The average molecular weight is 1010 g/mol. The van der Waals surface area contributed by atoms with Crippen LogP contribution < -0.4 is 0 Å². The molecule has 0 aliphatic carbocycles. The highest BCUT2D eigenvalue weighted by Crippen LogP contribution is 2.15. The summed E-state index contributed by atoms with van der Waals surface area (Å²) in [5.41, 5.74) is 0. The van der Waals surface area contributed by atoms with Gasteiger partial charge in [-0.2, -0.15) is 0 Å². The second-order valence-corrected chi connectivity index (χ2v) is 19.5. The van der Waals surface area contributed by atoms with E-state index in [2.05, 4.69) is 142 Å². The van der Waals surface area contributed by atoms with Gasteiger partial charge in [-0.15, -0.1) is 0 Å². The number of allylic oxidation sites excluding steroid dienone is 20. The van der Waals surface area contributed by atoms with E-state index in [0.29, 0.717) is 25.7 Å². The van der Waals surface area contributed by atoms with Crippen LogP contribution in [0.4, 0.5) is 0 Å². The van der Waals surface area contributed by atoms with Gasteiger partial charge in [-0.1, -0.05) is 239 Å². The third kappa shape index (κ3) is 58.6. The van der Waals surface area contributed by atoms with Gasteiger partial charge in [0.15, 0.2) is 6.10 Å². The van der Waals surface area contributed by atoms with E-state index in [1.807, 2.05) is 0 Å². The fourth-order valence-corrected chi connectivity index (χ4v) is 7.98. The molecule has 414 valence electrons. The summed E-state index contributed by atoms with van der Waals surface area (Å²) in [7, 11) is 0. The van der Waals surface area contributed by atoms with Crippen molar-refractivity contribution >= 4 is 17.9 Å². The summed E-state index contributed by atoms with van der Waals surface area (Å²) in [6.45, 7) is 6.35. The van der Waals surface area contributed by atoms with Crippen LogP contribution >= 0.6 is 0 Å². The van der Waals surface area contributed by atoms with E-state index < -0.39 is 6.10 Å². The molecule has 0 aliphatic rings. The van der Waals surface area contributed by atoms with E-state index in [9.17, 15) is 14.4 Å². The van der Waals surface area contributed by atoms with Gasteiger partial charge < -0.3 is 14.2 Å². The quantitative estimate of drug-likeness (QED) is 0.0261. The van der Waals surface area contributed by atoms with Crippen molar-refractivity contribution in [2.75, 3.05) is 13.2 Å². The van der Waals surface area contributed by atoms with Gasteiger partial charge in [0.05, 0.1) is 0 Å². The monoisotopic (exact) mass is 1010 g/mol. The highest BCUT2D eigenvalue weighted by atomic mass is 16.6. The first-order valence-electron chi connectivity index (χ1n) is 30.0. The molecule has 0 saturated heterocycles. The van der Waals surface area contributed by atoms with Gasteiger partial charge in [0, 0.05) is 19.3 Å². The van der Waals surface area contributed by atoms with E-state index in [1.54, 1.807) is 0 Å². The number of ether oxygens (including phenoxy) is 3. The minimum Gasteiger partial charge on any atom is -0.462 e. The molecule has 0 aromatic rings. The van der Waals surface area contributed by atoms with Crippen LogP contribution in [0.3, 0.4) is 0 Å². The van der Waals surface area contributed by atoms with Gasteiger partial charge in [-0.3, -0.25) is 14.4 Å². The summed E-state index contributed by atoms with van der Waals surface area (Å²) >= 11 is 0. The fourth-order valence-electron chi connectivity index (χ4n) is 7.98. The SMILES string of the molecule is CC/C=C\C/C=C\C/C=C\C/C=C\C/C=C\CCCCCC(=O)OC(COC(=O)CCCC/C=C\C/C=C\C/C=C\C/C=C\CC)COC(=O)CCCCCCCCCCC/C=C\CCCCCCCCCC. The van der Waals surface area contributed by atoms with Gasteiger partial charge in [-0.25, -0.2) is 0 Å². The van der Waals surface area contributed by atoms with Crippen molar-refractivity contribution in [2.24, 2.45) is 0 Å². The van der Waals surface area contributed by atoms with Gasteiger partial charge >= 0.3 is 17.9 Å². The number of hydrogen-bond acceptors (Lipinski definition) is 6. The van der Waals surface area contributed by atoms with Crippen molar-refractivity contribution in [3.8, 4) is 0 Å². The van der Waals surface area contributed by atoms with Crippen LogP contribution in [0.1, 0.15) is 265 Å². The summed E-state index contributed by atoms with van der Waals surface area (Å²) in [4.78, 5) is 38.2. The zero-order chi connectivity index (χ0) is 52.9. The maximum Gasteiger partial charge on any atom is 0.306 e. The van der Waals surface area contributed by atoms with Crippen LogP contribution in [-0.4, -0.2) is 37.2 Å². The van der Waals surface area contributed by atoms with Crippen molar-refractivity contribution in [1.82, 2.24) is 0 Å². The Morgan fingerprint density at radius 2 is 0.534 bits per heavy atom. The molecule has 0 spiro atoms. The van der Waals surface area contributed by atoms with Crippen molar-refractivity contribution in [3.05, 3.63) is 122 Å². The summed E-state index contributed by atoms with van der Waals surface area (Å²) in [6, 6.07) is 0. The van der Waals surface area contributed by atoms with E-state index >= 15 is 0 Å². The Morgan fingerprint density at radius 3 is 0.890 bits per heavy atom. The van der Waals surface area contributed by atoms with Gasteiger partial charge in [0.2, 0.25) is 0 Å². The molecule has 0 N–H and O–H groups in total. The molecule has 0 radical (unpaired) electrons. The van der Waals surface area contributed by atoms with Crippen LogP contribution in [0.15, 0.2) is 122 Å². The Balaban J connectivity index is 4.48. The van der Waals surface area contributed by atoms with Crippen molar-refractivity contribution in [1.29, 1.82) is 0 Å². The first kappa shape index (κ1) is 68.8.